The summed E-state index contributed by atoms with van der Waals surface area (Å²) in [6, 6.07) is 0. The second-order valence-corrected chi connectivity index (χ2v) is 6.66. The van der Waals surface area contributed by atoms with E-state index >= 15 is 0 Å². The predicted molar refractivity (Wildman–Crippen MR) is 97.3 cm³/mol. The zero-order valence-electron chi connectivity index (χ0n) is 16.1. The van der Waals surface area contributed by atoms with Gasteiger partial charge in [0, 0.05) is 6.92 Å². The van der Waals surface area contributed by atoms with Gasteiger partial charge in [-0.1, -0.05) is 13.3 Å². The molecule has 0 saturated heterocycles. The number of nitrogens with one attached hydrogen (secondary N) is 1. The van der Waals surface area contributed by atoms with Crippen LogP contribution in [0.5, 0.6) is 0 Å². The first-order valence-corrected chi connectivity index (χ1v) is 9.67. The first-order chi connectivity index (χ1) is 12.3. The van der Waals surface area contributed by atoms with Crippen LogP contribution >= 0.6 is 11.8 Å². The van der Waals surface area contributed by atoms with E-state index in [1.807, 2.05) is 6.92 Å². The molecule has 0 rings (SSSR count). The molecule has 9 heteroatoms. The SMILES string of the molecule is CCCC(NC(C)=O)(SCC(=O)OCC)C(C(=O)OCC)C(=O)OCC. The van der Waals surface area contributed by atoms with E-state index in [4.69, 9.17) is 14.2 Å². The van der Waals surface area contributed by atoms with Crippen LogP contribution in [0.25, 0.3) is 0 Å². The molecule has 0 heterocycles. The molecule has 0 aliphatic heterocycles. The molecule has 1 N–H and O–H groups in total. The zero-order chi connectivity index (χ0) is 20.2. The van der Waals surface area contributed by atoms with Gasteiger partial charge in [0.25, 0.3) is 0 Å². The van der Waals surface area contributed by atoms with Crippen LogP contribution in [0.4, 0.5) is 0 Å². The summed E-state index contributed by atoms with van der Waals surface area (Å²) < 4.78 is 15.0. The maximum absolute atomic E-state index is 12.5. The van der Waals surface area contributed by atoms with Gasteiger partial charge in [-0.25, -0.2) is 0 Å². The number of thioether (sulfide) groups is 1. The van der Waals surface area contributed by atoms with Gasteiger partial charge in [-0.15, -0.1) is 11.8 Å². The van der Waals surface area contributed by atoms with Crippen molar-refractivity contribution in [2.75, 3.05) is 25.6 Å². The number of esters is 3. The predicted octanol–water partition coefficient (Wildman–Crippen LogP) is 1.66. The Balaban J connectivity index is 5.93. The highest BCUT2D eigenvalue weighted by atomic mass is 32.2. The average Bonchev–Trinajstić information content (AvgIpc) is 2.53. The Morgan fingerprint density at radius 1 is 0.923 bits per heavy atom. The number of hydrogen-bond acceptors (Lipinski definition) is 8. The molecular formula is C17H29NO7S. The van der Waals surface area contributed by atoms with Crippen LogP contribution in [0.3, 0.4) is 0 Å². The molecule has 1 unspecified atom stereocenters. The molecule has 1 amide bonds. The fraction of sp³-hybridized carbons (Fsp3) is 0.765. The van der Waals surface area contributed by atoms with Crippen molar-refractivity contribution in [2.45, 2.75) is 52.3 Å². The Morgan fingerprint density at radius 3 is 1.81 bits per heavy atom. The molecular weight excluding hydrogens is 362 g/mol. The highest BCUT2D eigenvalue weighted by Crippen LogP contribution is 2.37. The van der Waals surface area contributed by atoms with Gasteiger partial charge in [0.05, 0.1) is 25.6 Å². The lowest BCUT2D eigenvalue weighted by Crippen LogP contribution is -2.57. The van der Waals surface area contributed by atoms with Crippen molar-refractivity contribution in [2.24, 2.45) is 5.92 Å². The van der Waals surface area contributed by atoms with Crippen LogP contribution in [0, 0.1) is 5.92 Å². The third-order valence-electron chi connectivity index (χ3n) is 3.27. The minimum Gasteiger partial charge on any atom is -0.465 e. The summed E-state index contributed by atoms with van der Waals surface area (Å²) in [4.78, 5) is 47.3. The van der Waals surface area contributed by atoms with Crippen LogP contribution in [0.2, 0.25) is 0 Å². The Hall–Kier alpha value is -1.77. The van der Waals surface area contributed by atoms with Crippen LogP contribution in [-0.4, -0.2) is 54.3 Å². The summed E-state index contributed by atoms with van der Waals surface area (Å²) in [5.74, 6) is -4.08. The Labute approximate surface area is 158 Å². The normalized spacial score (nSPS) is 12.8. The van der Waals surface area contributed by atoms with Gasteiger partial charge in [-0.2, -0.15) is 0 Å². The van der Waals surface area contributed by atoms with E-state index in [1.54, 1.807) is 20.8 Å². The van der Waals surface area contributed by atoms with Gasteiger partial charge < -0.3 is 19.5 Å². The Morgan fingerprint density at radius 2 is 1.42 bits per heavy atom. The fourth-order valence-electron chi connectivity index (χ4n) is 2.46. The van der Waals surface area contributed by atoms with E-state index in [1.165, 1.54) is 6.92 Å². The van der Waals surface area contributed by atoms with Crippen LogP contribution in [0.15, 0.2) is 0 Å². The number of hydrogen-bond donors (Lipinski definition) is 1. The van der Waals surface area contributed by atoms with E-state index in [0.29, 0.717) is 6.42 Å². The molecule has 150 valence electrons. The highest BCUT2D eigenvalue weighted by molar-refractivity contribution is 8.01. The summed E-state index contributed by atoms with van der Waals surface area (Å²) in [6.45, 7) is 8.38. The van der Waals surface area contributed by atoms with Crippen LogP contribution < -0.4 is 5.32 Å². The lowest BCUT2D eigenvalue weighted by atomic mass is 9.94. The van der Waals surface area contributed by atoms with E-state index in [0.717, 1.165) is 11.8 Å². The average molecular weight is 391 g/mol. The summed E-state index contributed by atoms with van der Waals surface area (Å²) in [6.07, 6.45) is 0.810. The molecule has 0 bridgehead atoms. The summed E-state index contributed by atoms with van der Waals surface area (Å²) >= 11 is 0.978. The van der Waals surface area contributed by atoms with Crippen LogP contribution in [0.1, 0.15) is 47.5 Å². The zero-order valence-corrected chi connectivity index (χ0v) is 16.9. The monoisotopic (exact) mass is 391 g/mol. The molecule has 0 saturated carbocycles. The molecule has 0 aliphatic carbocycles. The number of carbonyl (C=O) groups excluding carboxylic acids is 4. The summed E-state index contributed by atoms with van der Waals surface area (Å²) in [7, 11) is 0. The number of ether oxygens (including phenoxy) is 3. The molecule has 8 nitrogen and oxygen atoms in total. The lowest BCUT2D eigenvalue weighted by molar-refractivity contribution is -0.164. The summed E-state index contributed by atoms with van der Waals surface area (Å²) in [5.41, 5.74) is 0. The third kappa shape index (κ3) is 7.63. The minimum absolute atomic E-state index is 0.0690. The molecule has 26 heavy (non-hydrogen) atoms. The van der Waals surface area contributed by atoms with Crippen molar-refractivity contribution in [3.8, 4) is 0 Å². The van der Waals surface area contributed by atoms with E-state index in [2.05, 4.69) is 5.32 Å². The van der Waals surface area contributed by atoms with Gasteiger partial charge >= 0.3 is 17.9 Å². The quantitative estimate of drug-likeness (QED) is 0.232. The number of amides is 1. The maximum atomic E-state index is 12.5. The summed E-state index contributed by atoms with van der Waals surface area (Å²) in [5, 5.41) is 2.69. The van der Waals surface area contributed by atoms with Gasteiger partial charge in [-0.3, -0.25) is 19.2 Å². The van der Waals surface area contributed by atoms with Gasteiger partial charge in [0.1, 0.15) is 4.87 Å². The number of rotatable bonds is 12. The Kier molecular flexibility index (Phi) is 11.7. The molecule has 0 fully saturated rings. The van der Waals surface area contributed by atoms with Gasteiger partial charge in [0.2, 0.25) is 5.91 Å². The smallest absolute Gasteiger partial charge is 0.323 e. The standard InChI is InChI=1S/C17H29NO7S/c1-6-10-17(18-12(5)19,26-11-13(20)23-7-2)14(15(21)24-8-3)16(22)25-9-4/h14H,6-11H2,1-5H3,(H,18,19). The molecule has 0 aromatic rings. The molecule has 0 aromatic carbocycles. The molecule has 0 aromatic heterocycles. The van der Waals surface area contributed by atoms with Gasteiger partial charge in [0.15, 0.2) is 5.92 Å². The van der Waals surface area contributed by atoms with Crippen LogP contribution in [-0.2, 0) is 33.4 Å². The molecule has 0 spiro atoms. The Bertz CT molecular complexity index is 480. The number of carbonyl (C=O) groups is 4. The van der Waals surface area contributed by atoms with E-state index < -0.39 is 34.6 Å². The highest BCUT2D eigenvalue weighted by Gasteiger charge is 2.50. The first kappa shape index (κ1) is 24.2. The fourth-order valence-corrected chi connectivity index (χ4v) is 3.84. The van der Waals surface area contributed by atoms with Crippen molar-refractivity contribution < 1.29 is 33.4 Å². The van der Waals surface area contributed by atoms with Crippen molar-refractivity contribution in [1.29, 1.82) is 0 Å². The molecule has 0 aliphatic rings. The minimum atomic E-state index is -1.40. The maximum Gasteiger partial charge on any atom is 0.323 e. The first-order valence-electron chi connectivity index (χ1n) is 8.69. The van der Waals surface area contributed by atoms with E-state index in [-0.39, 0.29) is 32.0 Å². The van der Waals surface area contributed by atoms with Crippen molar-refractivity contribution >= 4 is 35.6 Å². The topological polar surface area (TPSA) is 108 Å². The largest absolute Gasteiger partial charge is 0.465 e. The van der Waals surface area contributed by atoms with E-state index in [9.17, 15) is 19.2 Å². The third-order valence-corrected chi connectivity index (χ3v) is 4.71. The van der Waals surface area contributed by atoms with Crippen molar-refractivity contribution in [3.05, 3.63) is 0 Å². The van der Waals surface area contributed by atoms with Gasteiger partial charge in [-0.05, 0) is 27.2 Å². The molecule has 0 radical (unpaired) electrons. The second-order valence-electron chi connectivity index (χ2n) is 5.35. The second kappa shape index (κ2) is 12.6. The van der Waals surface area contributed by atoms with Crippen molar-refractivity contribution in [1.82, 2.24) is 5.32 Å². The lowest BCUT2D eigenvalue weighted by Gasteiger charge is -2.37. The molecule has 1 atom stereocenters. The van der Waals surface area contributed by atoms with Crippen molar-refractivity contribution in [3.63, 3.8) is 0 Å².